The van der Waals surface area contributed by atoms with Crippen molar-refractivity contribution in [3.8, 4) is 5.75 Å². The van der Waals surface area contributed by atoms with E-state index < -0.39 is 10.8 Å². The molecule has 0 aliphatic rings. The van der Waals surface area contributed by atoms with Gasteiger partial charge in [-0.15, -0.1) is 0 Å². The number of ether oxygens (including phenoxy) is 1. The highest BCUT2D eigenvalue weighted by Gasteiger charge is 2.17. The fourth-order valence-electron chi connectivity index (χ4n) is 1.51. The minimum Gasteiger partial charge on any atom is -0.496 e. The van der Waals surface area contributed by atoms with Crippen LogP contribution < -0.4 is 21.2 Å². The first-order valence-corrected chi connectivity index (χ1v) is 6.45. The van der Waals surface area contributed by atoms with E-state index >= 15 is 0 Å². The Hall–Kier alpha value is -2.75. The number of anilines is 1. The third kappa shape index (κ3) is 5.32. The van der Waals surface area contributed by atoms with E-state index in [1.807, 2.05) is 0 Å². The molecule has 118 valence electrons. The van der Waals surface area contributed by atoms with Crippen LogP contribution in [0, 0.1) is 10.1 Å². The zero-order chi connectivity index (χ0) is 16.7. The van der Waals surface area contributed by atoms with Crippen LogP contribution in [0.25, 0.3) is 0 Å². The number of carbonyl (C=O) groups is 1. The van der Waals surface area contributed by atoms with Gasteiger partial charge in [-0.3, -0.25) is 20.3 Å². The van der Waals surface area contributed by atoms with Crippen LogP contribution in [-0.2, 0) is 4.79 Å². The molecule has 0 saturated carbocycles. The summed E-state index contributed by atoms with van der Waals surface area (Å²) in [4.78, 5) is 22.3. The van der Waals surface area contributed by atoms with Gasteiger partial charge in [-0.1, -0.05) is 0 Å². The first kappa shape index (κ1) is 17.3. The highest BCUT2D eigenvalue weighted by molar-refractivity contribution is 7.80. The molecule has 4 N–H and O–H groups in total. The summed E-state index contributed by atoms with van der Waals surface area (Å²) in [5.41, 5.74) is 7.79. The molecule has 0 unspecified atom stereocenters. The van der Waals surface area contributed by atoms with E-state index in [1.165, 1.54) is 25.3 Å². The standard InChI is InChI=1S/C12H15N5O4S/c1-7(15-16-12(13)22)5-11(18)14-9-4-3-8(21-2)6-10(9)17(19)20/h3-4,6H,5H2,1-2H3,(H,14,18)(H3,13,16,22)/b15-7-. The average molecular weight is 325 g/mol. The molecule has 0 aromatic heterocycles. The number of rotatable bonds is 6. The lowest BCUT2D eigenvalue weighted by Gasteiger charge is -2.07. The second-order valence-corrected chi connectivity index (χ2v) is 4.63. The van der Waals surface area contributed by atoms with E-state index in [2.05, 4.69) is 28.1 Å². The lowest BCUT2D eigenvalue weighted by atomic mass is 10.2. The minimum atomic E-state index is -0.604. The Kier molecular flexibility index (Phi) is 6.20. The summed E-state index contributed by atoms with van der Waals surface area (Å²) in [5.74, 6) is -0.137. The molecule has 0 aliphatic carbocycles. The number of carbonyl (C=O) groups excluding carboxylic acids is 1. The molecular formula is C12H15N5O4S. The third-order valence-corrected chi connectivity index (χ3v) is 2.54. The van der Waals surface area contributed by atoms with Crippen molar-refractivity contribution in [1.82, 2.24) is 5.43 Å². The van der Waals surface area contributed by atoms with Gasteiger partial charge in [0, 0.05) is 5.71 Å². The van der Waals surface area contributed by atoms with Crippen molar-refractivity contribution in [2.24, 2.45) is 10.8 Å². The van der Waals surface area contributed by atoms with Gasteiger partial charge in [0.25, 0.3) is 5.69 Å². The van der Waals surface area contributed by atoms with E-state index in [9.17, 15) is 14.9 Å². The molecule has 1 rings (SSSR count). The molecule has 10 heteroatoms. The van der Waals surface area contributed by atoms with Crippen molar-refractivity contribution in [2.75, 3.05) is 12.4 Å². The van der Waals surface area contributed by atoms with Crippen LogP contribution in [0.3, 0.4) is 0 Å². The van der Waals surface area contributed by atoms with Gasteiger partial charge in [0.1, 0.15) is 11.4 Å². The Morgan fingerprint density at radius 3 is 2.77 bits per heavy atom. The molecule has 0 heterocycles. The highest BCUT2D eigenvalue weighted by atomic mass is 32.1. The number of thiocarbonyl (C=S) groups is 1. The zero-order valence-corrected chi connectivity index (χ0v) is 12.8. The number of nitro groups is 1. The van der Waals surface area contributed by atoms with Gasteiger partial charge in [-0.2, -0.15) is 5.10 Å². The maximum absolute atomic E-state index is 11.9. The molecule has 0 saturated heterocycles. The van der Waals surface area contributed by atoms with Crippen LogP contribution in [-0.4, -0.2) is 28.8 Å². The Labute approximate surface area is 131 Å². The Balaban J connectivity index is 2.82. The van der Waals surface area contributed by atoms with Crippen LogP contribution in [0.4, 0.5) is 11.4 Å². The summed E-state index contributed by atoms with van der Waals surface area (Å²) in [6.45, 7) is 1.59. The van der Waals surface area contributed by atoms with Crippen molar-refractivity contribution in [3.05, 3.63) is 28.3 Å². The molecule has 9 nitrogen and oxygen atoms in total. The maximum Gasteiger partial charge on any atom is 0.296 e. The van der Waals surface area contributed by atoms with Gasteiger partial charge < -0.3 is 15.8 Å². The van der Waals surface area contributed by atoms with Crippen LogP contribution in [0.1, 0.15) is 13.3 Å². The molecule has 22 heavy (non-hydrogen) atoms. The Bertz CT molecular complexity index is 632. The van der Waals surface area contributed by atoms with Gasteiger partial charge in [0.15, 0.2) is 5.11 Å². The van der Waals surface area contributed by atoms with Gasteiger partial charge in [-0.25, -0.2) is 0 Å². The quantitative estimate of drug-likeness (QED) is 0.309. The number of amides is 1. The van der Waals surface area contributed by atoms with Crippen molar-refractivity contribution >= 4 is 40.3 Å². The van der Waals surface area contributed by atoms with Gasteiger partial charge in [0.05, 0.1) is 24.5 Å². The zero-order valence-electron chi connectivity index (χ0n) is 12.0. The van der Waals surface area contributed by atoms with E-state index in [0.717, 1.165) is 0 Å². The maximum atomic E-state index is 11.9. The number of hydrogen-bond donors (Lipinski definition) is 3. The molecule has 0 aliphatic heterocycles. The molecule has 0 spiro atoms. The second-order valence-electron chi connectivity index (χ2n) is 4.19. The summed E-state index contributed by atoms with van der Waals surface area (Å²) in [6, 6.07) is 4.14. The number of benzene rings is 1. The monoisotopic (exact) mass is 325 g/mol. The van der Waals surface area contributed by atoms with Crippen molar-refractivity contribution in [3.63, 3.8) is 0 Å². The van der Waals surface area contributed by atoms with E-state index in [0.29, 0.717) is 11.5 Å². The lowest BCUT2D eigenvalue weighted by Crippen LogP contribution is -2.26. The molecule has 0 bridgehead atoms. The normalized spacial score (nSPS) is 10.7. The first-order valence-electron chi connectivity index (χ1n) is 6.04. The predicted molar refractivity (Wildman–Crippen MR) is 85.9 cm³/mol. The molecular weight excluding hydrogens is 310 g/mol. The van der Waals surface area contributed by atoms with Crippen molar-refractivity contribution in [1.29, 1.82) is 0 Å². The number of methoxy groups -OCH3 is 1. The third-order valence-electron chi connectivity index (χ3n) is 2.45. The number of nitrogens with two attached hydrogens (primary N) is 1. The Morgan fingerprint density at radius 2 is 2.23 bits per heavy atom. The minimum absolute atomic E-state index is 0.0226. The second kappa shape index (κ2) is 7.88. The summed E-state index contributed by atoms with van der Waals surface area (Å²) < 4.78 is 4.92. The van der Waals surface area contributed by atoms with Crippen molar-refractivity contribution < 1.29 is 14.5 Å². The number of nitrogens with one attached hydrogen (secondary N) is 2. The molecule has 1 amide bonds. The smallest absolute Gasteiger partial charge is 0.296 e. The molecule has 0 radical (unpaired) electrons. The topological polar surface area (TPSA) is 132 Å². The van der Waals surface area contributed by atoms with E-state index in [-0.39, 0.29) is 22.9 Å². The lowest BCUT2D eigenvalue weighted by molar-refractivity contribution is -0.384. The summed E-state index contributed by atoms with van der Waals surface area (Å²) in [6.07, 6.45) is -0.0706. The van der Waals surface area contributed by atoms with Crippen LogP contribution in [0.5, 0.6) is 5.75 Å². The van der Waals surface area contributed by atoms with Crippen LogP contribution >= 0.6 is 12.2 Å². The highest BCUT2D eigenvalue weighted by Crippen LogP contribution is 2.28. The molecule has 1 aromatic carbocycles. The number of hydrazone groups is 1. The van der Waals surface area contributed by atoms with Crippen molar-refractivity contribution in [2.45, 2.75) is 13.3 Å². The van der Waals surface area contributed by atoms with E-state index in [4.69, 9.17) is 10.5 Å². The first-order chi connectivity index (χ1) is 10.3. The van der Waals surface area contributed by atoms with E-state index in [1.54, 1.807) is 6.92 Å². The fourth-order valence-corrected chi connectivity index (χ4v) is 1.56. The molecule has 0 atom stereocenters. The van der Waals surface area contributed by atoms with Crippen LogP contribution in [0.15, 0.2) is 23.3 Å². The van der Waals surface area contributed by atoms with Crippen LogP contribution in [0.2, 0.25) is 0 Å². The SMILES string of the molecule is COc1ccc(NC(=O)C/C(C)=N\NC(N)=S)c([N+](=O)[O-])c1. The molecule has 0 fully saturated rings. The number of hydrogen-bond acceptors (Lipinski definition) is 6. The van der Waals surface area contributed by atoms with Gasteiger partial charge in [-0.05, 0) is 31.3 Å². The predicted octanol–water partition coefficient (Wildman–Crippen LogP) is 1.14. The number of nitro benzene ring substituents is 1. The van der Waals surface area contributed by atoms with Gasteiger partial charge in [0.2, 0.25) is 5.91 Å². The largest absolute Gasteiger partial charge is 0.496 e. The average Bonchev–Trinajstić information content (AvgIpc) is 2.45. The summed E-state index contributed by atoms with van der Waals surface area (Å²) in [7, 11) is 1.39. The van der Waals surface area contributed by atoms with Gasteiger partial charge >= 0.3 is 0 Å². The number of nitrogens with zero attached hydrogens (tertiary/aromatic N) is 2. The summed E-state index contributed by atoms with van der Waals surface area (Å²) >= 11 is 4.57. The fraction of sp³-hybridized carbons (Fsp3) is 0.250. The molecule has 1 aromatic rings. The Morgan fingerprint density at radius 1 is 1.55 bits per heavy atom. The summed E-state index contributed by atoms with van der Waals surface area (Å²) in [5, 5.41) is 17.2.